The molecule has 0 radical (unpaired) electrons. The molecule has 0 N–H and O–H groups in total. The minimum atomic E-state index is -1.08. The fourth-order valence-corrected chi connectivity index (χ4v) is 3.67. The Balaban J connectivity index is 1.78. The lowest BCUT2D eigenvalue weighted by atomic mass is 9.69. The van der Waals surface area contributed by atoms with Gasteiger partial charge in [-0.2, -0.15) is 4.39 Å². The molecular formula is C15H23FO. The average Bonchev–Trinajstić information content (AvgIpc) is 2.39. The van der Waals surface area contributed by atoms with E-state index in [1.54, 1.807) is 0 Å². The fraction of sp³-hybridized carbons (Fsp3) is 0.800. The zero-order valence-electron chi connectivity index (χ0n) is 10.5. The number of rotatable bonds is 3. The smallest absolute Gasteiger partial charge is 0.261 e. The first-order chi connectivity index (χ1) is 8.20. The summed E-state index contributed by atoms with van der Waals surface area (Å²) in [5.74, 6) is 2.00. The average molecular weight is 238 g/mol. The van der Waals surface area contributed by atoms with Crippen LogP contribution in [0.25, 0.3) is 0 Å². The summed E-state index contributed by atoms with van der Waals surface area (Å²) in [7, 11) is 0. The van der Waals surface area contributed by atoms with Crippen molar-refractivity contribution < 1.29 is 9.18 Å². The first kappa shape index (κ1) is 12.8. The Morgan fingerprint density at radius 1 is 0.941 bits per heavy atom. The Hall–Kier alpha value is -0.660. The highest BCUT2D eigenvalue weighted by molar-refractivity contribution is 5.70. The normalized spacial score (nSPS) is 38.6. The number of hydrogen-bond donors (Lipinski definition) is 0. The van der Waals surface area contributed by atoms with Crippen LogP contribution in [0.2, 0.25) is 0 Å². The van der Waals surface area contributed by atoms with Crippen molar-refractivity contribution in [1.82, 2.24) is 0 Å². The predicted octanol–water partition coefficient (Wildman–Crippen LogP) is 4.28. The lowest BCUT2D eigenvalue weighted by Crippen LogP contribution is -2.27. The molecule has 0 saturated heterocycles. The van der Waals surface area contributed by atoms with Crippen LogP contribution in [0.4, 0.5) is 4.39 Å². The summed E-state index contributed by atoms with van der Waals surface area (Å²) in [6.07, 6.45) is 10.9. The van der Waals surface area contributed by atoms with Gasteiger partial charge in [-0.3, -0.25) is 4.79 Å². The van der Waals surface area contributed by atoms with Crippen molar-refractivity contribution in [3.63, 3.8) is 0 Å². The van der Waals surface area contributed by atoms with E-state index in [1.807, 2.05) is 0 Å². The molecule has 0 aliphatic heterocycles. The highest BCUT2D eigenvalue weighted by Crippen LogP contribution is 2.41. The number of carbonyl (C=O) groups is 1. The molecule has 2 fully saturated rings. The third-order valence-corrected chi connectivity index (χ3v) is 4.91. The van der Waals surface area contributed by atoms with E-state index in [2.05, 4.69) is 12.7 Å². The summed E-state index contributed by atoms with van der Waals surface area (Å²) >= 11 is 0. The molecule has 2 heteroatoms. The second kappa shape index (κ2) is 5.79. The van der Waals surface area contributed by atoms with E-state index >= 15 is 0 Å². The first-order valence-corrected chi connectivity index (χ1v) is 7.02. The molecule has 1 nitrogen and oxygen atoms in total. The SMILES string of the molecule is C=CC1CCC(C2CCC(C(=O)F)CC2)CC1. The van der Waals surface area contributed by atoms with E-state index in [0.717, 1.165) is 43.4 Å². The molecule has 0 aromatic rings. The summed E-state index contributed by atoms with van der Waals surface area (Å²) in [6.45, 7) is 3.87. The molecule has 0 amide bonds. The van der Waals surface area contributed by atoms with Gasteiger partial charge >= 0.3 is 6.04 Å². The minimum Gasteiger partial charge on any atom is -0.261 e. The van der Waals surface area contributed by atoms with Gasteiger partial charge in [0.25, 0.3) is 0 Å². The summed E-state index contributed by atoms with van der Waals surface area (Å²) in [5.41, 5.74) is 0. The van der Waals surface area contributed by atoms with Gasteiger partial charge in [0.1, 0.15) is 0 Å². The molecule has 17 heavy (non-hydrogen) atoms. The third-order valence-electron chi connectivity index (χ3n) is 4.91. The van der Waals surface area contributed by atoms with E-state index in [0.29, 0.717) is 0 Å². The van der Waals surface area contributed by atoms with Crippen molar-refractivity contribution in [2.45, 2.75) is 51.4 Å². The van der Waals surface area contributed by atoms with Crippen LogP contribution in [0, 0.1) is 23.7 Å². The van der Waals surface area contributed by atoms with E-state index in [4.69, 9.17) is 0 Å². The summed E-state index contributed by atoms with van der Waals surface area (Å²) in [5, 5.41) is 0. The molecule has 0 aromatic carbocycles. The topological polar surface area (TPSA) is 17.1 Å². The highest BCUT2D eigenvalue weighted by Gasteiger charge is 2.32. The van der Waals surface area contributed by atoms with Crippen LogP contribution >= 0.6 is 0 Å². The van der Waals surface area contributed by atoms with Gasteiger partial charge in [0.05, 0.1) is 0 Å². The maximum Gasteiger partial charge on any atom is 0.304 e. The number of halogens is 1. The molecule has 0 spiro atoms. The molecule has 96 valence electrons. The molecule has 2 rings (SSSR count). The van der Waals surface area contributed by atoms with Gasteiger partial charge in [0, 0.05) is 5.92 Å². The maximum atomic E-state index is 12.6. The van der Waals surface area contributed by atoms with Crippen molar-refractivity contribution in [3.8, 4) is 0 Å². The Labute approximate surface area is 103 Å². The van der Waals surface area contributed by atoms with Crippen molar-refractivity contribution in [2.24, 2.45) is 23.7 Å². The molecule has 0 aromatic heterocycles. The molecule has 0 bridgehead atoms. The Morgan fingerprint density at radius 2 is 1.41 bits per heavy atom. The van der Waals surface area contributed by atoms with Crippen LogP contribution in [-0.2, 0) is 4.79 Å². The lowest BCUT2D eigenvalue weighted by molar-refractivity contribution is -0.135. The van der Waals surface area contributed by atoms with Gasteiger partial charge in [-0.25, -0.2) is 0 Å². The van der Waals surface area contributed by atoms with Crippen LogP contribution in [0.1, 0.15) is 51.4 Å². The largest absolute Gasteiger partial charge is 0.304 e. The van der Waals surface area contributed by atoms with Crippen LogP contribution in [0.3, 0.4) is 0 Å². The number of carbonyl (C=O) groups excluding carboxylic acids is 1. The Morgan fingerprint density at radius 3 is 1.82 bits per heavy atom. The van der Waals surface area contributed by atoms with E-state index in [9.17, 15) is 9.18 Å². The summed E-state index contributed by atoms with van der Waals surface area (Å²) in [4.78, 5) is 10.7. The van der Waals surface area contributed by atoms with Crippen LogP contribution in [0.5, 0.6) is 0 Å². The highest BCUT2D eigenvalue weighted by atomic mass is 19.1. The van der Waals surface area contributed by atoms with Crippen molar-refractivity contribution in [1.29, 1.82) is 0 Å². The number of allylic oxidation sites excluding steroid dienone is 1. The molecule has 2 aliphatic rings. The quantitative estimate of drug-likeness (QED) is 0.530. The Bertz CT molecular complexity index is 271. The van der Waals surface area contributed by atoms with Gasteiger partial charge in [-0.15, -0.1) is 6.58 Å². The van der Waals surface area contributed by atoms with Gasteiger partial charge in [-0.05, 0) is 69.1 Å². The van der Waals surface area contributed by atoms with Crippen molar-refractivity contribution in [2.75, 3.05) is 0 Å². The molecular weight excluding hydrogens is 215 g/mol. The van der Waals surface area contributed by atoms with Gasteiger partial charge in [-0.1, -0.05) is 6.08 Å². The zero-order valence-corrected chi connectivity index (χ0v) is 10.5. The van der Waals surface area contributed by atoms with Gasteiger partial charge < -0.3 is 0 Å². The zero-order chi connectivity index (χ0) is 12.3. The Kier molecular flexibility index (Phi) is 4.36. The van der Waals surface area contributed by atoms with Crippen LogP contribution in [0.15, 0.2) is 12.7 Å². The second-order valence-corrected chi connectivity index (χ2v) is 5.83. The summed E-state index contributed by atoms with van der Waals surface area (Å²) < 4.78 is 12.6. The second-order valence-electron chi connectivity index (χ2n) is 5.83. The molecule has 0 atom stereocenters. The predicted molar refractivity (Wildman–Crippen MR) is 67.2 cm³/mol. The molecule has 0 heterocycles. The molecule has 2 saturated carbocycles. The number of hydrogen-bond acceptors (Lipinski definition) is 1. The standard InChI is InChI=1S/C15H23FO/c1-2-11-3-5-12(6-4-11)13-7-9-14(10-8-13)15(16)17/h2,11-14H,1,3-10H2. The van der Waals surface area contributed by atoms with Gasteiger partial charge in [0.2, 0.25) is 0 Å². The monoisotopic (exact) mass is 238 g/mol. The third kappa shape index (κ3) is 3.17. The van der Waals surface area contributed by atoms with E-state index in [1.165, 1.54) is 25.7 Å². The minimum absolute atomic E-state index is 0.282. The fourth-order valence-electron chi connectivity index (χ4n) is 3.67. The lowest BCUT2D eigenvalue weighted by Gasteiger charge is -2.36. The molecule has 0 unspecified atom stereocenters. The van der Waals surface area contributed by atoms with Crippen molar-refractivity contribution in [3.05, 3.63) is 12.7 Å². The van der Waals surface area contributed by atoms with Crippen molar-refractivity contribution >= 4 is 6.04 Å². The first-order valence-electron chi connectivity index (χ1n) is 7.02. The van der Waals surface area contributed by atoms with Crippen LogP contribution < -0.4 is 0 Å². The maximum absolute atomic E-state index is 12.6. The van der Waals surface area contributed by atoms with Gasteiger partial charge in [0.15, 0.2) is 0 Å². The summed E-state index contributed by atoms with van der Waals surface area (Å²) in [6, 6.07) is -1.08. The molecule has 2 aliphatic carbocycles. The van der Waals surface area contributed by atoms with E-state index in [-0.39, 0.29) is 5.92 Å². The van der Waals surface area contributed by atoms with Crippen LogP contribution in [-0.4, -0.2) is 6.04 Å². The van der Waals surface area contributed by atoms with E-state index < -0.39 is 6.04 Å².